The molecule has 1 aliphatic carbocycles. The van der Waals surface area contributed by atoms with Crippen LogP contribution in [0.25, 0.3) is 0 Å². The maximum atomic E-state index is 11.7. The molecule has 3 nitrogen and oxygen atoms in total. The van der Waals surface area contributed by atoms with Crippen molar-refractivity contribution >= 4 is 17.6 Å². The lowest BCUT2D eigenvalue weighted by Gasteiger charge is -2.25. The van der Waals surface area contributed by atoms with Crippen LogP contribution in [-0.2, 0) is 4.79 Å². The van der Waals surface area contributed by atoms with Crippen LogP contribution in [0.1, 0.15) is 37.7 Å². The minimum Gasteiger partial charge on any atom is -0.481 e. The molecule has 114 valence electrons. The molecule has 1 unspecified atom stereocenters. The van der Waals surface area contributed by atoms with Gasteiger partial charge in [0.1, 0.15) is 0 Å². The zero-order valence-electron chi connectivity index (χ0n) is 12.4. The Kier molecular flexibility index (Phi) is 3.98. The third kappa shape index (κ3) is 2.69. The summed E-state index contributed by atoms with van der Waals surface area (Å²) in [6, 6.07) is 7.97. The molecule has 1 N–H and O–H groups in total. The molecule has 0 radical (unpaired) electrons. The van der Waals surface area contributed by atoms with E-state index >= 15 is 0 Å². The lowest BCUT2D eigenvalue weighted by atomic mass is 9.81. The first-order chi connectivity index (χ1) is 10.0. The highest BCUT2D eigenvalue weighted by molar-refractivity contribution is 6.30. The Morgan fingerprint density at radius 3 is 3.05 bits per heavy atom. The van der Waals surface area contributed by atoms with Gasteiger partial charge in [0.05, 0.1) is 5.41 Å². The van der Waals surface area contributed by atoms with Gasteiger partial charge in [0.25, 0.3) is 0 Å². The summed E-state index contributed by atoms with van der Waals surface area (Å²) in [6.07, 6.45) is 2.97. The van der Waals surface area contributed by atoms with Crippen molar-refractivity contribution in [3.8, 4) is 0 Å². The Morgan fingerprint density at radius 2 is 2.38 bits per heavy atom. The largest absolute Gasteiger partial charge is 0.481 e. The number of carboxylic acids is 1. The number of carboxylic acid groups (broad SMARTS) is 1. The molecule has 0 amide bonds. The number of fused-ring (bicyclic) bond motifs is 1. The van der Waals surface area contributed by atoms with Gasteiger partial charge in [-0.15, -0.1) is 0 Å². The van der Waals surface area contributed by atoms with Crippen molar-refractivity contribution in [1.82, 2.24) is 4.90 Å². The molecule has 2 fully saturated rings. The topological polar surface area (TPSA) is 40.5 Å². The molecule has 1 aromatic rings. The van der Waals surface area contributed by atoms with Crippen molar-refractivity contribution < 1.29 is 9.90 Å². The van der Waals surface area contributed by atoms with E-state index in [0.717, 1.165) is 37.4 Å². The molecular formula is C17H22ClNO2. The smallest absolute Gasteiger partial charge is 0.311 e. The van der Waals surface area contributed by atoms with Crippen molar-refractivity contribution in [2.45, 2.75) is 32.1 Å². The van der Waals surface area contributed by atoms with Crippen LogP contribution in [0.3, 0.4) is 0 Å². The van der Waals surface area contributed by atoms with Crippen LogP contribution in [0.4, 0.5) is 0 Å². The number of benzene rings is 1. The molecule has 1 aliphatic heterocycles. The van der Waals surface area contributed by atoms with Gasteiger partial charge in [-0.2, -0.15) is 0 Å². The number of nitrogens with zero attached hydrogens (tertiary/aromatic N) is 1. The molecule has 1 heterocycles. The molecule has 3 atom stereocenters. The first kappa shape index (κ1) is 14.9. The normalized spacial score (nSPS) is 30.3. The monoisotopic (exact) mass is 307 g/mol. The molecule has 0 bridgehead atoms. The summed E-state index contributed by atoms with van der Waals surface area (Å²) in [7, 11) is 0. The molecule has 0 spiro atoms. The van der Waals surface area contributed by atoms with Gasteiger partial charge in [0, 0.05) is 24.7 Å². The summed E-state index contributed by atoms with van der Waals surface area (Å²) in [5.41, 5.74) is 0.748. The van der Waals surface area contributed by atoms with Crippen molar-refractivity contribution in [1.29, 1.82) is 0 Å². The van der Waals surface area contributed by atoms with Crippen molar-refractivity contribution in [2.24, 2.45) is 11.3 Å². The van der Waals surface area contributed by atoms with E-state index in [4.69, 9.17) is 11.6 Å². The first-order valence-corrected chi connectivity index (χ1v) is 8.10. The van der Waals surface area contributed by atoms with Crippen molar-refractivity contribution in [3.63, 3.8) is 0 Å². The third-order valence-electron chi connectivity index (χ3n) is 5.32. The summed E-state index contributed by atoms with van der Waals surface area (Å²) >= 11 is 6.06. The van der Waals surface area contributed by atoms with E-state index in [1.54, 1.807) is 0 Å². The Balaban J connectivity index is 1.69. The van der Waals surface area contributed by atoms with E-state index < -0.39 is 11.4 Å². The minimum atomic E-state index is -0.595. The summed E-state index contributed by atoms with van der Waals surface area (Å²) in [5, 5.41) is 10.4. The van der Waals surface area contributed by atoms with Crippen LogP contribution in [0.2, 0.25) is 5.02 Å². The second-order valence-electron chi connectivity index (χ2n) is 6.70. The highest BCUT2D eigenvalue weighted by Crippen LogP contribution is 2.49. The van der Waals surface area contributed by atoms with Gasteiger partial charge in [-0.25, -0.2) is 0 Å². The molecule has 1 saturated heterocycles. The number of hydrogen-bond acceptors (Lipinski definition) is 2. The number of halogens is 1. The van der Waals surface area contributed by atoms with Crippen LogP contribution in [-0.4, -0.2) is 35.6 Å². The SMILES string of the molecule is CC(CN1C[C@@H]2CCC[C@@]2(C(=O)O)C1)c1cccc(Cl)c1. The number of likely N-dealkylation sites (tertiary alicyclic amines) is 1. The molecule has 3 rings (SSSR count). The van der Waals surface area contributed by atoms with Gasteiger partial charge in [-0.05, 0) is 42.4 Å². The van der Waals surface area contributed by atoms with E-state index in [0.29, 0.717) is 18.4 Å². The molecule has 1 saturated carbocycles. The van der Waals surface area contributed by atoms with Crippen molar-refractivity contribution in [3.05, 3.63) is 34.9 Å². The number of aliphatic carboxylic acids is 1. The number of hydrogen-bond donors (Lipinski definition) is 1. The van der Waals surface area contributed by atoms with Crippen LogP contribution in [0.15, 0.2) is 24.3 Å². The predicted molar refractivity (Wildman–Crippen MR) is 83.7 cm³/mol. The maximum Gasteiger partial charge on any atom is 0.311 e. The molecule has 4 heteroatoms. The van der Waals surface area contributed by atoms with E-state index in [9.17, 15) is 9.90 Å². The zero-order chi connectivity index (χ0) is 15.0. The summed E-state index contributed by atoms with van der Waals surface area (Å²) < 4.78 is 0. The average Bonchev–Trinajstić information content (AvgIpc) is 2.96. The fourth-order valence-electron chi connectivity index (χ4n) is 4.19. The quantitative estimate of drug-likeness (QED) is 0.923. The molecule has 1 aromatic carbocycles. The Morgan fingerprint density at radius 1 is 1.57 bits per heavy atom. The van der Waals surface area contributed by atoms with E-state index in [1.807, 2.05) is 18.2 Å². The molecule has 21 heavy (non-hydrogen) atoms. The van der Waals surface area contributed by atoms with Gasteiger partial charge < -0.3 is 10.0 Å². The van der Waals surface area contributed by atoms with Crippen LogP contribution < -0.4 is 0 Å². The number of rotatable bonds is 4. The summed E-state index contributed by atoms with van der Waals surface area (Å²) in [6.45, 7) is 4.73. The standard InChI is InChI=1S/C17H22ClNO2/c1-12(13-4-2-6-15(18)8-13)9-19-10-14-5-3-7-17(14,11-19)16(20)21/h2,4,6,8,12,14H,3,5,7,9-11H2,1H3,(H,20,21)/t12?,14-,17+/m0/s1. The maximum absolute atomic E-state index is 11.7. The third-order valence-corrected chi connectivity index (χ3v) is 5.55. The second-order valence-corrected chi connectivity index (χ2v) is 7.14. The van der Waals surface area contributed by atoms with Crippen LogP contribution in [0, 0.1) is 11.3 Å². The van der Waals surface area contributed by atoms with Crippen LogP contribution >= 0.6 is 11.6 Å². The highest BCUT2D eigenvalue weighted by atomic mass is 35.5. The Hall–Kier alpha value is -1.06. The first-order valence-electron chi connectivity index (χ1n) is 7.72. The molecular weight excluding hydrogens is 286 g/mol. The van der Waals surface area contributed by atoms with Gasteiger partial charge >= 0.3 is 5.97 Å². The lowest BCUT2D eigenvalue weighted by Crippen LogP contribution is -2.36. The van der Waals surface area contributed by atoms with Gasteiger partial charge in [-0.3, -0.25) is 4.79 Å². The predicted octanol–water partition coefficient (Wildman–Crippen LogP) is 3.63. The molecule has 2 aliphatic rings. The van der Waals surface area contributed by atoms with Gasteiger partial charge in [0.2, 0.25) is 0 Å². The second kappa shape index (κ2) is 5.62. The fraction of sp³-hybridized carbons (Fsp3) is 0.588. The number of carbonyl (C=O) groups is 1. The molecule has 0 aromatic heterocycles. The Bertz CT molecular complexity index is 547. The summed E-state index contributed by atoms with van der Waals surface area (Å²) in [5.74, 6) is 0.109. The van der Waals surface area contributed by atoms with E-state index in [-0.39, 0.29) is 0 Å². The highest BCUT2D eigenvalue weighted by Gasteiger charge is 2.54. The minimum absolute atomic E-state index is 0.335. The average molecular weight is 308 g/mol. The van der Waals surface area contributed by atoms with Gasteiger partial charge in [-0.1, -0.05) is 37.1 Å². The van der Waals surface area contributed by atoms with Crippen LogP contribution in [0.5, 0.6) is 0 Å². The lowest BCUT2D eigenvalue weighted by molar-refractivity contribution is -0.149. The van der Waals surface area contributed by atoms with Gasteiger partial charge in [0.15, 0.2) is 0 Å². The Labute approximate surface area is 130 Å². The summed E-state index contributed by atoms with van der Waals surface area (Å²) in [4.78, 5) is 14.0. The fourth-order valence-corrected chi connectivity index (χ4v) is 4.39. The zero-order valence-corrected chi connectivity index (χ0v) is 13.1. The van der Waals surface area contributed by atoms with Crippen molar-refractivity contribution in [2.75, 3.05) is 19.6 Å². The van der Waals surface area contributed by atoms with E-state index in [1.165, 1.54) is 5.56 Å². The van der Waals surface area contributed by atoms with E-state index in [2.05, 4.69) is 17.9 Å².